The molecule has 0 aliphatic rings. The van der Waals surface area contributed by atoms with Crippen molar-refractivity contribution in [1.29, 1.82) is 0 Å². The zero-order valence-corrected chi connectivity index (χ0v) is 14.9. The molecule has 0 saturated carbocycles. The molecule has 26 heavy (non-hydrogen) atoms. The van der Waals surface area contributed by atoms with Gasteiger partial charge in [0.15, 0.2) is 0 Å². The van der Waals surface area contributed by atoms with E-state index in [-0.39, 0.29) is 0 Å². The Balaban J connectivity index is 1.62. The number of para-hydroxylation sites is 2. The van der Waals surface area contributed by atoms with E-state index >= 15 is 0 Å². The van der Waals surface area contributed by atoms with E-state index in [0.29, 0.717) is 6.61 Å². The Labute approximate surface area is 155 Å². The minimum Gasteiger partial charge on any atom is -0.492 e. The Morgan fingerprint density at radius 3 is 2.04 bits per heavy atom. The predicted octanol–water partition coefficient (Wildman–Crippen LogP) is 6.56. The topological polar surface area (TPSA) is 21.3 Å². The second-order valence-corrected chi connectivity index (χ2v) is 5.81. The zero-order chi connectivity index (χ0) is 18.0. The van der Waals surface area contributed by atoms with Crippen molar-refractivity contribution in [2.75, 3.05) is 11.9 Å². The molecule has 3 rings (SSSR count). The van der Waals surface area contributed by atoms with Crippen LogP contribution in [0.2, 0.25) is 0 Å². The molecule has 0 saturated heterocycles. The lowest BCUT2D eigenvalue weighted by atomic mass is 10.1. The number of nitrogens with one attached hydrogen (secondary N) is 1. The van der Waals surface area contributed by atoms with Gasteiger partial charge in [-0.3, -0.25) is 0 Å². The van der Waals surface area contributed by atoms with E-state index in [4.69, 9.17) is 4.74 Å². The summed E-state index contributed by atoms with van der Waals surface area (Å²) in [6.45, 7) is 2.64. The molecule has 0 amide bonds. The van der Waals surface area contributed by atoms with Crippen molar-refractivity contribution in [1.82, 2.24) is 0 Å². The first-order valence-electron chi connectivity index (χ1n) is 8.84. The molecule has 0 spiro atoms. The lowest BCUT2D eigenvalue weighted by Crippen LogP contribution is -1.97. The van der Waals surface area contributed by atoms with Crippen molar-refractivity contribution >= 4 is 23.5 Å². The lowest BCUT2D eigenvalue weighted by Gasteiger charge is -2.12. The molecule has 0 bridgehead atoms. The van der Waals surface area contributed by atoms with Crippen LogP contribution >= 0.6 is 0 Å². The van der Waals surface area contributed by atoms with Crippen LogP contribution in [0.4, 0.5) is 11.4 Å². The highest BCUT2D eigenvalue weighted by molar-refractivity contribution is 5.67. The van der Waals surface area contributed by atoms with E-state index < -0.39 is 0 Å². The van der Waals surface area contributed by atoms with Crippen LogP contribution in [0.25, 0.3) is 12.2 Å². The summed E-state index contributed by atoms with van der Waals surface area (Å²) in [7, 11) is 0. The van der Waals surface area contributed by atoms with E-state index in [9.17, 15) is 0 Å². The predicted molar refractivity (Wildman–Crippen MR) is 112 cm³/mol. The molecule has 1 N–H and O–H groups in total. The summed E-state index contributed by atoms with van der Waals surface area (Å²) in [4.78, 5) is 0. The van der Waals surface area contributed by atoms with Crippen LogP contribution < -0.4 is 10.1 Å². The molecule has 0 fully saturated rings. The third kappa shape index (κ3) is 5.12. The van der Waals surface area contributed by atoms with Gasteiger partial charge in [0, 0.05) is 5.69 Å². The van der Waals surface area contributed by atoms with Crippen LogP contribution in [0, 0.1) is 0 Å². The third-order valence-electron chi connectivity index (χ3n) is 3.86. The first-order chi connectivity index (χ1) is 12.8. The monoisotopic (exact) mass is 341 g/mol. The number of allylic oxidation sites excluding steroid dienone is 2. The largest absolute Gasteiger partial charge is 0.492 e. The Hall–Kier alpha value is -3.26. The standard InChI is InChI=1S/C24H23NO/c1-2-26-24-15-9-8-14-23(24)25-22-18-16-21(17-19-22)13-7-6-12-20-10-4-3-5-11-20/h3-19,25H,2H2,1H3/b12-6+,13-7+. The Bertz CT molecular complexity index is 864. The number of hydrogen-bond donors (Lipinski definition) is 1. The van der Waals surface area contributed by atoms with Gasteiger partial charge in [-0.1, -0.05) is 78.9 Å². The summed E-state index contributed by atoms with van der Waals surface area (Å²) in [6, 6.07) is 26.6. The number of ether oxygens (including phenoxy) is 1. The smallest absolute Gasteiger partial charge is 0.142 e. The van der Waals surface area contributed by atoms with Gasteiger partial charge in [0.05, 0.1) is 12.3 Å². The highest BCUT2D eigenvalue weighted by Gasteiger charge is 2.02. The van der Waals surface area contributed by atoms with E-state index in [1.165, 1.54) is 5.56 Å². The van der Waals surface area contributed by atoms with Gasteiger partial charge in [-0.15, -0.1) is 0 Å². The van der Waals surface area contributed by atoms with Gasteiger partial charge in [-0.25, -0.2) is 0 Å². The quantitative estimate of drug-likeness (QED) is 0.492. The molecule has 3 aromatic carbocycles. The maximum atomic E-state index is 5.65. The van der Waals surface area contributed by atoms with Gasteiger partial charge in [0.1, 0.15) is 5.75 Å². The summed E-state index contributed by atoms with van der Waals surface area (Å²) in [5.74, 6) is 0.866. The number of anilines is 2. The number of benzene rings is 3. The maximum Gasteiger partial charge on any atom is 0.142 e. The first kappa shape index (κ1) is 17.6. The van der Waals surface area contributed by atoms with E-state index in [2.05, 4.69) is 66.0 Å². The minimum absolute atomic E-state index is 0.652. The van der Waals surface area contributed by atoms with Crippen LogP contribution in [0.15, 0.2) is 91.0 Å². The number of hydrogen-bond acceptors (Lipinski definition) is 2. The van der Waals surface area contributed by atoms with Crippen molar-refractivity contribution in [3.63, 3.8) is 0 Å². The molecule has 0 unspecified atom stereocenters. The normalized spacial score (nSPS) is 11.1. The average Bonchev–Trinajstić information content (AvgIpc) is 2.69. The van der Waals surface area contributed by atoms with Crippen LogP contribution in [0.3, 0.4) is 0 Å². The van der Waals surface area contributed by atoms with E-state index in [1.54, 1.807) is 0 Å². The SMILES string of the molecule is CCOc1ccccc1Nc1ccc(/C=C/C=C/c2ccccc2)cc1. The maximum absolute atomic E-state index is 5.65. The fourth-order valence-electron chi connectivity index (χ4n) is 2.58. The second-order valence-electron chi connectivity index (χ2n) is 5.81. The van der Waals surface area contributed by atoms with Gasteiger partial charge in [-0.05, 0) is 42.3 Å². The Morgan fingerprint density at radius 1 is 0.731 bits per heavy atom. The summed E-state index contributed by atoms with van der Waals surface area (Å²) in [5.41, 5.74) is 4.37. The van der Waals surface area contributed by atoms with Crippen LogP contribution in [0.5, 0.6) is 5.75 Å². The highest BCUT2D eigenvalue weighted by atomic mass is 16.5. The molecule has 0 aliphatic carbocycles. The Morgan fingerprint density at radius 2 is 1.35 bits per heavy atom. The fraction of sp³-hybridized carbons (Fsp3) is 0.0833. The molecule has 3 aromatic rings. The minimum atomic E-state index is 0.652. The first-order valence-corrected chi connectivity index (χ1v) is 8.84. The lowest BCUT2D eigenvalue weighted by molar-refractivity contribution is 0.342. The van der Waals surface area contributed by atoms with Gasteiger partial charge >= 0.3 is 0 Å². The van der Waals surface area contributed by atoms with Crippen molar-refractivity contribution < 1.29 is 4.74 Å². The van der Waals surface area contributed by atoms with Crippen LogP contribution in [0.1, 0.15) is 18.1 Å². The van der Waals surface area contributed by atoms with Crippen molar-refractivity contribution in [2.45, 2.75) is 6.92 Å². The second kappa shape index (κ2) is 9.28. The van der Waals surface area contributed by atoms with Crippen LogP contribution in [-0.2, 0) is 0 Å². The summed E-state index contributed by atoms with van der Waals surface area (Å²) < 4.78 is 5.65. The van der Waals surface area contributed by atoms with Crippen molar-refractivity contribution in [3.8, 4) is 5.75 Å². The van der Waals surface area contributed by atoms with Crippen LogP contribution in [-0.4, -0.2) is 6.61 Å². The molecular formula is C24H23NO. The zero-order valence-electron chi connectivity index (χ0n) is 14.9. The van der Waals surface area contributed by atoms with Gasteiger partial charge < -0.3 is 10.1 Å². The molecule has 2 heteroatoms. The summed E-state index contributed by atoms with van der Waals surface area (Å²) in [6.07, 6.45) is 8.30. The van der Waals surface area contributed by atoms with Gasteiger partial charge in [0.25, 0.3) is 0 Å². The van der Waals surface area contributed by atoms with E-state index in [1.807, 2.05) is 49.4 Å². The highest BCUT2D eigenvalue weighted by Crippen LogP contribution is 2.27. The van der Waals surface area contributed by atoms with Gasteiger partial charge in [-0.2, -0.15) is 0 Å². The number of rotatable bonds is 7. The molecule has 0 aromatic heterocycles. The molecular weight excluding hydrogens is 318 g/mol. The molecule has 2 nitrogen and oxygen atoms in total. The van der Waals surface area contributed by atoms with Crippen molar-refractivity contribution in [3.05, 3.63) is 102 Å². The molecule has 0 heterocycles. The molecule has 130 valence electrons. The Kier molecular flexibility index (Phi) is 6.27. The summed E-state index contributed by atoms with van der Waals surface area (Å²) >= 11 is 0. The molecule has 0 atom stereocenters. The average molecular weight is 341 g/mol. The summed E-state index contributed by atoms with van der Waals surface area (Å²) in [5, 5.41) is 3.41. The van der Waals surface area contributed by atoms with Gasteiger partial charge in [0.2, 0.25) is 0 Å². The van der Waals surface area contributed by atoms with E-state index in [0.717, 1.165) is 22.7 Å². The van der Waals surface area contributed by atoms with Crippen molar-refractivity contribution in [2.24, 2.45) is 0 Å². The molecule has 0 radical (unpaired) electrons. The third-order valence-corrected chi connectivity index (χ3v) is 3.86. The fourth-order valence-corrected chi connectivity index (χ4v) is 2.58. The molecule has 0 aliphatic heterocycles.